The molecule has 0 bridgehead atoms. The molecule has 3 rings (SSSR count). The van der Waals surface area contributed by atoms with Crippen molar-refractivity contribution >= 4 is 5.91 Å². The van der Waals surface area contributed by atoms with Crippen LogP contribution in [0.5, 0.6) is 11.5 Å². The van der Waals surface area contributed by atoms with E-state index in [1.807, 2.05) is 62.4 Å². The molecule has 0 aliphatic rings. The zero-order valence-electron chi connectivity index (χ0n) is 17.2. The number of aromatic nitrogens is 1. The average Bonchev–Trinajstić information content (AvgIpc) is 3.13. The van der Waals surface area contributed by atoms with Gasteiger partial charge in [0.2, 0.25) is 0 Å². The number of carbonyl (C=O) groups is 1. The molecule has 0 radical (unpaired) electrons. The number of hydrogen-bond donors (Lipinski definition) is 1. The van der Waals surface area contributed by atoms with Gasteiger partial charge in [-0.15, -0.1) is 0 Å². The van der Waals surface area contributed by atoms with Crippen LogP contribution in [0, 0.1) is 6.92 Å². The molecule has 29 heavy (non-hydrogen) atoms. The molecule has 0 saturated heterocycles. The maximum Gasteiger partial charge on any atom is 0.257 e. The first-order valence-corrected chi connectivity index (χ1v) is 9.57. The fourth-order valence-corrected chi connectivity index (χ4v) is 3.00. The smallest absolute Gasteiger partial charge is 0.257 e. The molecule has 152 valence electrons. The SMILES string of the molecule is COc1cc(CNC(=O)c2c(C)noc2C(C)C)ccc1OCc1ccccc1. The largest absolute Gasteiger partial charge is 0.493 e. The van der Waals surface area contributed by atoms with E-state index in [9.17, 15) is 4.79 Å². The van der Waals surface area contributed by atoms with Gasteiger partial charge in [-0.3, -0.25) is 4.79 Å². The van der Waals surface area contributed by atoms with Gasteiger partial charge < -0.3 is 19.3 Å². The van der Waals surface area contributed by atoms with Crippen LogP contribution in [-0.2, 0) is 13.2 Å². The summed E-state index contributed by atoms with van der Waals surface area (Å²) in [6.45, 7) is 6.52. The fourth-order valence-electron chi connectivity index (χ4n) is 3.00. The molecular weight excluding hydrogens is 368 g/mol. The number of methoxy groups -OCH3 is 1. The summed E-state index contributed by atoms with van der Waals surface area (Å²) in [5.74, 6) is 1.76. The number of nitrogens with one attached hydrogen (secondary N) is 1. The van der Waals surface area contributed by atoms with E-state index < -0.39 is 0 Å². The zero-order valence-corrected chi connectivity index (χ0v) is 17.2. The van der Waals surface area contributed by atoms with E-state index in [0.717, 1.165) is 11.1 Å². The second-order valence-electron chi connectivity index (χ2n) is 7.10. The van der Waals surface area contributed by atoms with Crippen LogP contribution >= 0.6 is 0 Å². The van der Waals surface area contributed by atoms with Crippen molar-refractivity contribution in [1.29, 1.82) is 0 Å². The van der Waals surface area contributed by atoms with Gasteiger partial charge in [0.15, 0.2) is 17.3 Å². The Kier molecular flexibility index (Phi) is 6.54. The average molecular weight is 394 g/mol. The number of amides is 1. The van der Waals surface area contributed by atoms with Crippen molar-refractivity contribution < 1.29 is 18.8 Å². The Labute approximate surface area is 170 Å². The molecule has 1 amide bonds. The summed E-state index contributed by atoms with van der Waals surface area (Å²) in [6, 6.07) is 15.6. The Morgan fingerprint density at radius 1 is 1.10 bits per heavy atom. The lowest BCUT2D eigenvalue weighted by atomic mass is 10.0. The van der Waals surface area contributed by atoms with Crippen molar-refractivity contribution in [3.05, 3.63) is 76.7 Å². The number of aryl methyl sites for hydroxylation is 1. The molecule has 1 aromatic heterocycles. The first kappa shape index (κ1) is 20.5. The molecule has 0 atom stereocenters. The summed E-state index contributed by atoms with van der Waals surface area (Å²) in [5.41, 5.74) is 3.08. The monoisotopic (exact) mass is 394 g/mol. The van der Waals surface area contributed by atoms with E-state index in [4.69, 9.17) is 14.0 Å². The molecular formula is C23H26N2O4. The minimum Gasteiger partial charge on any atom is -0.493 e. The van der Waals surface area contributed by atoms with Crippen LogP contribution < -0.4 is 14.8 Å². The van der Waals surface area contributed by atoms with Crippen molar-refractivity contribution in [2.24, 2.45) is 0 Å². The van der Waals surface area contributed by atoms with Crippen molar-refractivity contribution in [2.75, 3.05) is 7.11 Å². The third-order valence-electron chi connectivity index (χ3n) is 4.56. The number of ether oxygens (including phenoxy) is 2. The molecule has 6 nitrogen and oxygen atoms in total. The molecule has 0 aliphatic carbocycles. The van der Waals surface area contributed by atoms with E-state index >= 15 is 0 Å². The standard InChI is InChI=1S/C23H26N2O4/c1-15(2)22-21(16(3)25-29-22)23(26)24-13-18-10-11-19(20(12-18)27-4)28-14-17-8-6-5-7-9-17/h5-12,15H,13-14H2,1-4H3,(H,24,26). The lowest BCUT2D eigenvalue weighted by Crippen LogP contribution is -2.24. The molecule has 0 unspecified atom stereocenters. The lowest BCUT2D eigenvalue weighted by molar-refractivity contribution is 0.0948. The van der Waals surface area contributed by atoms with Gasteiger partial charge in [-0.1, -0.05) is 55.4 Å². The number of hydrogen-bond acceptors (Lipinski definition) is 5. The highest BCUT2D eigenvalue weighted by atomic mass is 16.5. The van der Waals surface area contributed by atoms with Crippen LogP contribution in [0.1, 0.15) is 52.7 Å². The van der Waals surface area contributed by atoms with Crippen LogP contribution in [0.4, 0.5) is 0 Å². The molecule has 1 N–H and O–H groups in total. The molecule has 1 heterocycles. The van der Waals surface area contributed by atoms with Gasteiger partial charge in [0, 0.05) is 12.5 Å². The van der Waals surface area contributed by atoms with E-state index in [2.05, 4.69) is 10.5 Å². The molecule has 0 saturated carbocycles. The number of carbonyl (C=O) groups excluding carboxylic acids is 1. The van der Waals surface area contributed by atoms with E-state index in [0.29, 0.717) is 41.7 Å². The third-order valence-corrected chi connectivity index (χ3v) is 4.56. The van der Waals surface area contributed by atoms with Crippen LogP contribution in [0.25, 0.3) is 0 Å². The Morgan fingerprint density at radius 3 is 2.55 bits per heavy atom. The second kappa shape index (κ2) is 9.28. The van der Waals surface area contributed by atoms with Crippen LogP contribution in [0.15, 0.2) is 53.1 Å². The van der Waals surface area contributed by atoms with Gasteiger partial charge in [-0.25, -0.2) is 0 Å². The van der Waals surface area contributed by atoms with Gasteiger partial charge in [0.25, 0.3) is 5.91 Å². The summed E-state index contributed by atoms with van der Waals surface area (Å²) in [4.78, 5) is 12.6. The molecule has 0 spiro atoms. The van der Waals surface area contributed by atoms with Gasteiger partial charge in [0.1, 0.15) is 12.2 Å². The number of benzene rings is 2. The van der Waals surface area contributed by atoms with Gasteiger partial charge in [-0.05, 0) is 30.2 Å². The molecule has 0 aliphatic heterocycles. The highest BCUT2D eigenvalue weighted by molar-refractivity contribution is 5.96. The van der Waals surface area contributed by atoms with Gasteiger partial charge in [-0.2, -0.15) is 0 Å². The van der Waals surface area contributed by atoms with Crippen LogP contribution in [-0.4, -0.2) is 18.2 Å². The number of rotatable bonds is 8. The first-order valence-electron chi connectivity index (χ1n) is 9.57. The summed E-state index contributed by atoms with van der Waals surface area (Å²) in [7, 11) is 1.60. The Balaban J connectivity index is 1.66. The van der Waals surface area contributed by atoms with Crippen molar-refractivity contribution in [3.63, 3.8) is 0 Å². The fraction of sp³-hybridized carbons (Fsp3) is 0.304. The first-order chi connectivity index (χ1) is 14.0. The summed E-state index contributed by atoms with van der Waals surface area (Å²) < 4.78 is 16.6. The summed E-state index contributed by atoms with van der Waals surface area (Å²) in [6.07, 6.45) is 0. The van der Waals surface area contributed by atoms with Gasteiger partial charge >= 0.3 is 0 Å². The minimum atomic E-state index is -0.198. The highest BCUT2D eigenvalue weighted by Crippen LogP contribution is 2.29. The van der Waals surface area contributed by atoms with Crippen molar-refractivity contribution in [3.8, 4) is 11.5 Å². The minimum absolute atomic E-state index is 0.0816. The topological polar surface area (TPSA) is 73.6 Å². The predicted molar refractivity (Wildman–Crippen MR) is 110 cm³/mol. The van der Waals surface area contributed by atoms with E-state index in [-0.39, 0.29) is 11.8 Å². The maximum atomic E-state index is 12.6. The second-order valence-corrected chi connectivity index (χ2v) is 7.10. The molecule has 6 heteroatoms. The Morgan fingerprint density at radius 2 is 1.86 bits per heavy atom. The molecule has 0 fully saturated rings. The van der Waals surface area contributed by atoms with Crippen molar-refractivity contribution in [1.82, 2.24) is 10.5 Å². The third kappa shape index (κ3) is 4.96. The number of nitrogens with zero attached hydrogens (tertiary/aromatic N) is 1. The Bertz CT molecular complexity index is 964. The quantitative estimate of drug-likeness (QED) is 0.603. The van der Waals surface area contributed by atoms with Crippen LogP contribution in [0.2, 0.25) is 0 Å². The van der Waals surface area contributed by atoms with Crippen LogP contribution in [0.3, 0.4) is 0 Å². The summed E-state index contributed by atoms with van der Waals surface area (Å²) in [5, 5.41) is 6.86. The normalized spacial score (nSPS) is 10.8. The molecule has 2 aromatic carbocycles. The lowest BCUT2D eigenvalue weighted by Gasteiger charge is -2.13. The summed E-state index contributed by atoms with van der Waals surface area (Å²) >= 11 is 0. The van der Waals surface area contributed by atoms with E-state index in [1.54, 1.807) is 14.0 Å². The highest BCUT2D eigenvalue weighted by Gasteiger charge is 2.22. The van der Waals surface area contributed by atoms with E-state index in [1.165, 1.54) is 0 Å². The Hall–Kier alpha value is -3.28. The zero-order chi connectivity index (χ0) is 20.8. The maximum absolute atomic E-state index is 12.6. The molecule has 3 aromatic rings. The van der Waals surface area contributed by atoms with Crippen molar-refractivity contribution in [2.45, 2.75) is 39.8 Å². The predicted octanol–water partition coefficient (Wildman–Crippen LogP) is 4.62. The van der Waals surface area contributed by atoms with Gasteiger partial charge in [0.05, 0.1) is 12.8 Å².